The number of benzene rings is 1. The quantitative estimate of drug-likeness (QED) is 0.817. The van der Waals surface area contributed by atoms with Gasteiger partial charge in [0, 0.05) is 6.42 Å². The lowest BCUT2D eigenvalue weighted by molar-refractivity contribution is -0.0960. The van der Waals surface area contributed by atoms with Crippen LogP contribution >= 0.6 is 0 Å². The largest absolute Gasteiger partial charge is 0.370 e. The lowest BCUT2D eigenvalue weighted by atomic mass is 9.75. The Morgan fingerprint density at radius 2 is 2.05 bits per heavy atom. The van der Waals surface area contributed by atoms with E-state index in [1.165, 1.54) is 17.5 Å². The number of fused-ring (bicyclic) bond motifs is 2. The molecule has 2 bridgehead atoms. The van der Waals surface area contributed by atoms with Crippen LogP contribution in [0.4, 0.5) is 0 Å². The number of hydrogen-bond donors (Lipinski definition) is 0. The van der Waals surface area contributed by atoms with Gasteiger partial charge < -0.3 is 9.47 Å². The first-order valence-electron chi connectivity index (χ1n) is 7.81. The highest BCUT2D eigenvalue weighted by molar-refractivity contribution is 5.24. The molecule has 3 atom stereocenters. The third-order valence-corrected chi connectivity index (χ3v) is 5.45. The van der Waals surface area contributed by atoms with Crippen molar-refractivity contribution < 1.29 is 9.47 Å². The van der Waals surface area contributed by atoms with Crippen LogP contribution < -0.4 is 0 Å². The van der Waals surface area contributed by atoms with Crippen LogP contribution in [-0.2, 0) is 16.1 Å². The van der Waals surface area contributed by atoms with E-state index in [9.17, 15) is 0 Å². The normalized spacial score (nSPS) is 36.0. The Morgan fingerprint density at radius 3 is 2.70 bits per heavy atom. The summed E-state index contributed by atoms with van der Waals surface area (Å²) < 4.78 is 12.7. The molecule has 1 aromatic rings. The molecule has 2 heterocycles. The van der Waals surface area contributed by atoms with Gasteiger partial charge in [0.05, 0.1) is 23.9 Å². The standard InChI is InChI=1S/C18H26O2/c1-13(2)18-10-9-17(4,20-18)16(11-18)19-12-15-8-6-5-7-14(15)3/h5-8,13,16H,9-12H2,1-4H3/t16-,17+,18+/m0/s1. The summed E-state index contributed by atoms with van der Waals surface area (Å²) in [4.78, 5) is 0. The molecule has 0 amide bonds. The Balaban J connectivity index is 1.69. The maximum absolute atomic E-state index is 6.42. The molecule has 0 N–H and O–H groups in total. The van der Waals surface area contributed by atoms with E-state index in [1.54, 1.807) is 0 Å². The third-order valence-electron chi connectivity index (χ3n) is 5.45. The average molecular weight is 274 g/mol. The summed E-state index contributed by atoms with van der Waals surface area (Å²) in [5.74, 6) is 0.566. The van der Waals surface area contributed by atoms with Gasteiger partial charge in [-0.15, -0.1) is 0 Å². The summed E-state index contributed by atoms with van der Waals surface area (Å²) in [6.07, 6.45) is 3.60. The van der Waals surface area contributed by atoms with Gasteiger partial charge in [-0.1, -0.05) is 38.1 Å². The summed E-state index contributed by atoms with van der Waals surface area (Å²) >= 11 is 0. The predicted octanol–water partition coefficient (Wildman–Crippen LogP) is 4.25. The van der Waals surface area contributed by atoms with Gasteiger partial charge in [-0.2, -0.15) is 0 Å². The van der Waals surface area contributed by atoms with Gasteiger partial charge in [-0.05, 0) is 43.7 Å². The van der Waals surface area contributed by atoms with E-state index < -0.39 is 0 Å². The molecule has 110 valence electrons. The fourth-order valence-corrected chi connectivity index (χ4v) is 3.77. The zero-order valence-corrected chi connectivity index (χ0v) is 13.1. The fraction of sp³-hybridized carbons (Fsp3) is 0.667. The van der Waals surface area contributed by atoms with Crippen LogP contribution in [0.2, 0.25) is 0 Å². The van der Waals surface area contributed by atoms with E-state index in [1.807, 2.05) is 0 Å². The molecule has 20 heavy (non-hydrogen) atoms. The Hall–Kier alpha value is -0.860. The molecule has 1 aromatic carbocycles. The van der Waals surface area contributed by atoms with Crippen molar-refractivity contribution in [1.29, 1.82) is 0 Å². The molecule has 3 rings (SSSR count). The van der Waals surface area contributed by atoms with Gasteiger partial charge in [0.2, 0.25) is 0 Å². The molecular weight excluding hydrogens is 248 g/mol. The van der Waals surface area contributed by atoms with Gasteiger partial charge >= 0.3 is 0 Å². The number of aryl methyl sites for hydroxylation is 1. The average Bonchev–Trinajstić information content (AvgIpc) is 2.90. The molecule has 0 aliphatic carbocycles. The zero-order valence-electron chi connectivity index (χ0n) is 13.1. The second kappa shape index (κ2) is 4.85. The van der Waals surface area contributed by atoms with Crippen LogP contribution in [0.5, 0.6) is 0 Å². The smallest absolute Gasteiger partial charge is 0.0924 e. The van der Waals surface area contributed by atoms with E-state index in [0.717, 1.165) is 12.8 Å². The minimum Gasteiger partial charge on any atom is -0.370 e. The topological polar surface area (TPSA) is 18.5 Å². The van der Waals surface area contributed by atoms with E-state index in [-0.39, 0.29) is 17.3 Å². The predicted molar refractivity (Wildman–Crippen MR) is 80.7 cm³/mol. The first-order valence-corrected chi connectivity index (χ1v) is 7.81. The Kier molecular flexibility index (Phi) is 3.42. The van der Waals surface area contributed by atoms with E-state index in [0.29, 0.717) is 12.5 Å². The summed E-state index contributed by atoms with van der Waals surface area (Å²) in [5.41, 5.74) is 2.58. The highest BCUT2D eigenvalue weighted by atomic mass is 16.6. The Bertz CT molecular complexity index is 496. The Labute approximate surface area is 122 Å². The van der Waals surface area contributed by atoms with Crippen LogP contribution in [0.25, 0.3) is 0 Å². The van der Waals surface area contributed by atoms with E-state index >= 15 is 0 Å². The molecular formula is C18H26O2. The van der Waals surface area contributed by atoms with Crippen LogP contribution in [0, 0.1) is 12.8 Å². The van der Waals surface area contributed by atoms with Crippen molar-refractivity contribution in [2.75, 3.05) is 0 Å². The maximum Gasteiger partial charge on any atom is 0.0924 e. The van der Waals surface area contributed by atoms with Crippen LogP contribution in [0.15, 0.2) is 24.3 Å². The van der Waals surface area contributed by atoms with Crippen molar-refractivity contribution in [3.05, 3.63) is 35.4 Å². The minimum atomic E-state index is -0.0764. The van der Waals surface area contributed by atoms with Gasteiger partial charge in [0.25, 0.3) is 0 Å². The lowest BCUT2D eigenvalue weighted by Gasteiger charge is -2.31. The molecule has 2 aliphatic heterocycles. The van der Waals surface area contributed by atoms with Crippen molar-refractivity contribution in [1.82, 2.24) is 0 Å². The molecule has 2 heteroatoms. The number of rotatable bonds is 4. The molecule has 2 saturated heterocycles. The highest BCUT2D eigenvalue weighted by Gasteiger charge is 2.60. The molecule has 0 spiro atoms. The Morgan fingerprint density at radius 1 is 1.30 bits per heavy atom. The SMILES string of the molecule is Cc1ccccc1CO[C@H]1C[C@@]2(C(C)C)CC[C@@]1(C)O2. The first-order chi connectivity index (χ1) is 9.45. The maximum atomic E-state index is 6.42. The molecule has 0 saturated carbocycles. The monoisotopic (exact) mass is 274 g/mol. The highest BCUT2D eigenvalue weighted by Crippen LogP contribution is 2.55. The molecule has 0 unspecified atom stereocenters. The third kappa shape index (κ3) is 2.19. The van der Waals surface area contributed by atoms with Crippen molar-refractivity contribution in [2.24, 2.45) is 5.92 Å². The second-order valence-corrected chi connectivity index (χ2v) is 7.06. The first kappa shape index (κ1) is 14.1. The van der Waals surface area contributed by atoms with E-state index in [4.69, 9.17) is 9.47 Å². The van der Waals surface area contributed by atoms with Crippen LogP contribution in [-0.4, -0.2) is 17.3 Å². The number of hydrogen-bond acceptors (Lipinski definition) is 2. The zero-order chi connectivity index (χ0) is 14.4. The second-order valence-electron chi connectivity index (χ2n) is 7.06. The van der Waals surface area contributed by atoms with Crippen molar-refractivity contribution in [3.8, 4) is 0 Å². The molecule has 2 nitrogen and oxygen atoms in total. The summed E-state index contributed by atoms with van der Waals surface area (Å²) in [6, 6.07) is 8.46. The van der Waals surface area contributed by atoms with Crippen LogP contribution in [0.1, 0.15) is 51.2 Å². The fourth-order valence-electron chi connectivity index (χ4n) is 3.77. The summed E-state index contributed by atoms with van der Waals surface area (Å²) in [5, 5.41) is 0. The number of ether oxygens (including phenoxy) is 2. The van der Waals surface area contributed by atoms with Crippen molar-refractivity contribution >= 4 is 0 Å². The summed E-state index contributed by atoms with van der Waals surface area (Å²) in [6.45, 7) is 9.62. The van der Waals surface area contributed by atoms with Gasteiger partial charge in [0.1, 0.15) is 0 Å². The summed E-state index contributed by atoms with van der Waals surface area (Å²) in [7, 11) is 0. The van der Waals surface area contributed by atoms with Crippen molar-refractivity contribution in [3.63, 3.8) is 0 Å². The molecule has 0 aromatic heterocycles. The van der Waals surface area contributed by atoms with Crippen LogP contribution in [0.3, 0.4) is 0 Å². The minimum absolute atomic E-state index is 0.0607. The molecule has 2 fully saturated rings. The van der Waals surface area contributed by atoms with Gasteiger partial charge in [-0.25, -0.2) is 0 Å². The van der Waals surface area contributed by atoms with Gasteiger partial charge in [0.15, 0.2) is 0 Å². The van der Waals surface area contributed by atoms with Crippen molar-refractivity contribution in [2.45, 2.75) is 70.9 Å². The van der Waals surface area contributed by atoms with E-state index in [2.05, 4.69) is 52.0 Å². The van der Waals surface area contributed by atoms with Gasteiger partial charge in [-0.3, -0.25) is 0 Å². The molecule has 0 radical (unpaired) electrons. The molecule has 2 aliphatic rings. The lowest BCUT2D eigenvalue weighted by Crippen LogP contribution is -2.38.